The van der Waals surface area contributed by atoms with Gasteiger partial charge in [-0.1, -0.05) is 0 Å². The molecule has 1 fully saturated rings. The van der Waals surface area contributed by atoms with Crippen LogP contribution in [0.4, 0.5) is 0 Å². The standard InChI is InChI=1S/C20H47NO6Si4/c1-15(22)21-17-19(26-30(8,9)10)18(25-29(5,6)7)16(14-23-28(2,3)4)24-20(17)27-31(11,12)13/h16-20H,14H2,1-13H3,(H,21,22)/t16-,17-,18+,19-,20+/m1/s1. The summed E-state index contributed by atoms with van der Waals surface area (Å²) >= 11 is 0. The molecule has 0 spiro atoms. The van der Waals surface area contributed by atoms with Crippen molar-refractivity contribution in [2.24, 2.45) is 0 Å². The van der Waals surface area contributed by atoms with Gasteiger partial charge in [0.25, 0.3) is 0 Å². The SMILES string of the molecule is CC(=O)N[C@H]1[C@H](O[Si](C)(C)C)O[C@H](CO[Si](C)(C)C)[C@H](O[Si](C)(C)C)[C@@H]1O[Si](C)(C)C. The maximum atomic E-state index is 12.2. The van der Waals surface area contributed by atoms with Gasteiger partial charge in [0.1, 0.15) is 18.2 Å². The Balaban J connectivity index is 3.45. The first-order valence-corrected chi connectivity index (χ1v) is 24.9. The Morgan fingerprint density at radius 3 is 1.58 bits per heavy atom. The largest absolute Gasteiger partial charge is 0.415 e. The second-order valence-corrected chi connectivity index (χ2v) is 30.2. The molecule has 0 unspecified atom stereocenters. The Morgan fingerprint density at radius 2 is 1.19 bits per heavy atom. The molecular formula is C20H47NO6Si4. The summed E-state index contributed by atoms with van der Waals surface area (Å²) in [5.74, 6) is -0.134. The Morgan fingerprint density at radius 1 is 0.742 bits per heavy atom. The molecule has 184 valence electrons. The fraction of sp³-hybridized carbons (Fsp3) is 0.950. The molecule has 1 amide bonds. The zero-order valence-corrected chi connectivity index (χ0v) is 26.0. The molecule has 0 aromatic heterocycles. The van der Waals surface area contributed by atoms with Crippen LogP contribution < -0.4 is 5.32 Å². The van der Waals surface area contributed by atoms with E-state index in [4.69, 9.17) is 22.4 Å². The highest BCUT2D eigenvalue weighted by Gasteiger charge is 2.51. The van der Waals surface area contributed by atoms with E-state index in [1.54, 1.807) is 0 Å². The fourth-order valence-electron chi connectivity index (χ4n) is 3.31. The molecule has 0 aromatic carbocycles. The highest BCUT2D eigenvalue weighted by Crippen LogP contribution is 2.32. The average molecular weight is 510 g/mol. The van der Waals surface area contributed by atoms with Crippen molar-refractivity contribution in [3.8, 4) is 0 Å². The maximum Gasteiger partial charge on any atom is 0.217 e. The molecule has 1 aliphatic rings. The molecule has 31 heavy (non-hydrogen) atoms. The number of hydrogen-bond donors (Lipinski definition) is 1. The van der Waals surface area contributed by atoms with Crippen molar-refractivity contribution in [2.45, 2.75) is 116 Å². The lowest BCUT2D eigenvalue weighted by molar-refractivity contribution is -0.238. The molecule has 5 atom stereocenters. The van der Waals surface area contributed by atoms with Crippen LogP contribution in [0.5, 0.6) is 0 Å². The minimum absolute atomic E-state index is 0.134. The summed E-state index contributed by atoms with van der Waals surface area (Å²) < 4.78 is 32.5. The first kappa shape index (κ1) is 29.2. The van der Waals surface area contributed by atoms with Crippen molar-refractivity contribution in [1.29, 1.82) is 0 Å². The van der Waals surface area contributed by atoms with Gasteiger partial charge in [-0.2, -0.15) is 0 Å². The molecule has 1 heterocycles. The molecule has 1 saturated heterocycles. The van der Waals surface area contributed by atoms with E-state index in [1.807, 2.05) is 0 Å². The van der Waals surface area contributed by atoms with Crippen molar-refractivity contribution in [2.75, 3.05) is 6.61 Å². The predicted octanol–water partition coefficient (Wildman–Crippen LogP) is 4.36. The molecule has 11 heteroatoms. The van der Waals surface area contributed by atoms with Crippen LogP contribution >= 0.6 is 0 Å². The van der Waals surface area contributed by atoms with Crippen LogP contribution in [0, 0.1) is 0 Å². The van der Waals surface area contributed by atoms with E-state index in [2.05, 4.69) is 83.9 Å². The minimum atomic E-state index is -1.98. The summed E-state index contributed by atoms with van der Waals surface area (Å²) in [6, 6.07) is -0.444. The number of ether oxygens (including phenoxy) is 1. The molecule has 7 nitrogen and oxygen atoms in total. The Labute approximate surface area is 194 Å². The van der Waals surface area contributed by atoms with Gasteiger partial charge in [-0.15, -0.1) is 0 Å². The topological polar surface area (TPSA) is 75.3 Å². The van der Waals surface area contributed by atoms with Crippen LogP contribution in [0.25, 0.3) is 0 Å². The van der Waals surface area contributed by atoms with E-state index in [0.29, 0.717) is 6.61 Å². The zero-order valence-electron chi connectivity index (χ0n) is 22.0. The van der Waals surface area contributed by atoms with Crippen molar-refractivity contribution in [3.05, 3.63) is 0 Å². The summed E-state index contributed by atoms with van der Waals surface area (Å²) in [5.41, 5.74) is 0. The van der Waals surface area contributed by atoms with Crippen molar-refractivity contribution >= 4 is 39.2 Å². The Hall–Kier alpha value is 0.138. The number of nitrogens with one attached hydrogen (secondary N) is 1. The third kappa shape index (κ3) is 11.7. The van der Waals surface area contributed by atoms with Crippen molar-refractivity contribution in [3.63, 3.8) is 0 Å². The van der Waals surface area contributed by atoms with Crippen molar-refractivity contribution < 1.29 is 27.2 Å². The van der Waals surface area contributed by atoms with E-state index in [9.17, 15) is 4.79 Å². The molecule has 1 N–H and O–H groups in total. The van der Waals surface area contributed by atoms with Crippen LogP contribution in [-0.4, -0.2) is 76.4 Å². The van der Waals surface area contributed by atoms with E-state index >= 15 is 0 Å². The zero-order chi connectivity index (χ0) is 24.4. The maximum absolute atomic E-state index is 12.2. The summed E-state index contributed by atoms with van der Waals surface area (Å²) in [4.78, 5) is 12.2. The quantitative estimate of drug-likeness (QED) is 0.441. The van der Waals surface area contributed by atoms with Crippen LogP contribution in [0.15, 0.2) is 0 Å². The number of amides is 1. The van der Waals surface area contributed by atoms with Crippen LogP contribution in [0.2, 0.25) is 78.6 Å². The van der Waals surface area contributed by atoms with E-state index in [-0.39, 0.29) is 24.2 Å². The van der Waals surface area contributed by atoms with E-state index in [1.165, 1.54) is 6.92 Å². The molecule has 0 aromatic rings. The lowest BCUT2D eigenvalue weighted by atomic mass is 9.97. The van der Waals surface area contributed by atoms with Crippen LogP contribution in [0.1, 0.15) is 6.92 Å². The average Bonchev–Trinajstić information content (AvgIpc) is 2.46. The highest BCUT2D eigenvalue weighted by atomic mass is 28.4. The molecule has 0 aliphatic carbocycles. The van der Waals surface area contributed by atoms with E-state index in [0.717, 1.165) is 0 Å². The van der Waals surface area contributed by atoms with Gasteiger partial charge in [-0.05, 0) is 78.6 Å². The van der Waals surface area contributed by atoms with Gasteiger partial charge in [-0.3, -0.25) is 4.79 Å². The summed E-state index contributed by atoms with van der Waals surface area (Å²) in [7, 11) is -7.67. The summed E-state index contributed by atoms with van der Waals surface area (Å²) in [5, 5.41) is 3.07. The smallest absolute Gasteiger partial charge is 0.217 e. The first-order chi connectivity index (χ1) is 13.7. The third-order valence-electron chi connectivity index (χ3n) is 4.15. The highest BCUT2D eigenvalue weighted by molar-refractivity contribution is 6.71. The molecule has 1 rings (SSSR count). The Bertz CT molecular complexity index is 594. The minimum Gasteiger partial charge on any atom is -0.415 e. The molecule has 0 saturated carbocycles. The number of carbonyl (C=O) groups excluding carboxylic acids is 1. The molecule has 0 bridgehead atoms. The van der Waals surface area contributed by atoms with Gasteiger partial charge in [-0.25, -0.2) is 0 Å². The van der Waals surface area contributed by atoms with Gasteiger partial charge < -0.3 is 27.8 Å². The third-order valence-corrected chi connectivity index (χ3v) is 8.08. The summed E-state index contributed by atoms with van der Waals surface area (Å²) in [6.07, 6.45) is -1.64. The second kappa shape index (κ2) is 10.6. The van der Waals surface area contributed by atoms with Crippen molar-refractivity contribution in [1.82, 2.24) is 5.32 Å². The second-order valence-electron chi connectivity index (χ2n) is 12.3. The van der Waals surface area contributed by atoms with Gasteiger partial charge in [0.15, 0.2) is 39.6 Å². The van der Waals surface area contributed by atoms with Gasteiger partial charge in [0.2, 0.25) is 5.91 Å². The normalized spacial score (nSPS) is 28.5. The molecule has 0 radical (unpaired) electrons. The Kier molecular flexibility index (Phi) is 9.97. The monoisotopic (exact) mass is 509 g/mol. The van der Waals surface area contributed by atoms with Gasteiger partial charge in [0.05, 0.1) is 12.7 Å². The summed E-state index contributed by atoms with van der Waals surface area (Å²) in [6.45, 7) is 27.7. The van der Waals surface area contributed by atoms with Gasteiger partial charge in [0, 0.05) is 6.92 Å². The molecule has 1 aliphatic heterocycles. The first-order valence-electron chi connectivity index (χ1n) is 11.3. The number of hydrogen-bond acceptors (Lipinski definition) is 6. The lowest BCUT2D eigenvalue weighted by Gasteiger charge is -2.50. The molecular weight excluding hydrogens is 463 g/mol. The van der Waals surface area contributed by atoms with Gasteiger partial charge >= 0.3 is 0 Å². The lowest BCUT2D eigenvalue weighted by Crippen LogP contribution is -2.69. The fourth-order valence-corrected chi connectivity index (χ4v) is 7.07. The number of carbonyl (C=O) groups is 1. The number of rotatable bonds is 10. The van der Waals surface area contributed by atoms with Crippen LogP contribution in [-0.2, 0) is 27.2 Å². The van der Waals surface area contributed by atoms with Crippen LogP contribution in [0.3, 0.4) is 0 Å². The predicted molar refractivity (Wildman–Crippen MR) is 136 cm³/mol. The van der Waals surface area contributed by atoms with E-state index < -0.39 is 45.6 Å².